The molecule has 2 aliphatic carbocycles. The fraction of sp³-hybridized carbons (Fsp3) is 0.650. The molecule has 3 atom stereocenters. The minimum atomic E-state index is 0. The molecular weight excluding hydrogens is 320 g/mol. The summed E-state index contributed by atoms with van der Waals surface area (Å²) < 4.78 is 0. The van der Waals surface area contributed by atoms with Crippen LogP contribution in [-0.2, 0) is 4.79 Å². The molecule has 0 heterocycles. The normalized spacial score (nSPS) is 30.2. The van der Waals surface area contributed by atoms with Gasteiger partial charge < -0.3 is 11.1 Å². The van der Waals surface area contributed by atoms with Gasteiger partial charge in [0.15, 0.2) is 0 Å². The topological polar surface area (TPSA) is 55.1 Å². The second-order valence-corrected chi connectivity index (χ2v) is 7.85. The van der Waals surface area contributed by atoms with Crippen molar-refractivity contribution in [3.8, 4) is 0 Å². The SMILES string of the molecule is Cc1cc(C)cc(C(C)NC(=O)C2CC3CCCC(C2)C3N)c1.Cl. The summed E-state index contributed by atoms with van der Waals surface area (Å²) in [4.78, 5) is 12.7. The third-order valence-electron chi connectivity index (χ3n) is 5.89. The lowest BCUT2D eigenvalue weighted by Crippen LogP contribution is -2.49. The quantitative estimate of drug-likeness (QED) is 0.863. The molecule has 1 amide bonds. The molecule has 3 nitrogen and oxygen atoms in total. The number of carbonyl (C=O) groups excluding carboxylic acids is 1. The number of carbonyl (C=O) groups is 1. The molecule has 2 fully saturated rings. The molecule has 1 aromatic carbocycles. The van der Waals surface area contributed by atoms with Gasteiger partial charge in [0.2, 0.25) is 5.91 Å². The molecule has 0 radical (unpaired) electrons. The van der Waals surface area contributed by atoms with Gasteiger partial charge in [-0.05, 0) is 63.9 Å². The molecule has 24 heavy (non-hydrogen) atoms. The first-order valence-electron chi connectivity index (χ1n) is 9.08. The first kappa shape index (κ1) is 19.3. The van der Waals surface area contributed by atoms with Gasteiger partial charge in [0.1, 0.15) is 0 Å². The molecule has 2 aliphatic rings. The van der Waals surface area contributed by atoms with Gasteiger partial charge in [0.25, 0.3) is 0 Å². The highest BCUT2D eigenvalue weighted by Crippen LogP contribution is 2.42. The van der Waals surface area contributed by atoms with Crippen molar-refractivity contribution < 1.29 is 4.79 Å². The van der Waals surface area contributed by atoms with E-state index in [1.54, 1.807) is 0 Å². The molecule has 2 saturated carbocycles. The summed E-state index contributed by atoms with van der Waals surface area (Å²) in [7, 11) is 0. The molecular formula is C20H31ClN2O. The lowest BCUT2D eigenvalue weighted by Gasteiger charge is -2.43. The maximum atomic E-state index is 12.7. The number of nitrogens with two attached hydrogens (primary N) is 1. The van der Waals surface area contributed by atoms with Crippen molar-refractivity contribution in [3.63, 3.8) is 0 Å². The van der Waals surface area contributed by atoms with E-state index in [0.29, 0.717) is 17.9 Å². The molecule has 4 heteroatoms. The van der Waals surface area contributed by atoms with Crippen LogP contribution in [-0.4, -0.2) is 11.9 Å². The Bertz CT molecular complexity index is 555. The highest BCUT2D eigenvalue weighted by Gasteiger charge is 2.40. The zero-order chi connectivity index (χ0) is 16.6. The minimum Gasteiger partial charge on any atom is -0.349 e. The van der Waals surface area contributed by atoms with Crippen LogP contribution >= 0.6 is 12.4 Å². The maximum absolute atomic E-state index is 12.7. The third kappa shape index (κ3) is 4.12. The largest absolute Gasteiger partial charge is 0.349 e. The van der Waals surface area contributed by atoms with E-state index in [9.17, 15) is 4.79 Å². The predicted molar refractivity (Wildman–Crippen MR) is 101 cm³/mol. The zero-order valence-corrected chi connectivity index (χ0v) is 15.9. The molecule has 0 saturated heterocycles. The molecule has 3 unspecified atom stereocenters. The summed E-state index contributed by atoms with van der Waals surface area (Å²) in [5.74, 6) is 1.48. The third-order valence-corrected chi connectivity index (χ3v) is 5.89. The molecule has 3 rings (SSSR count). The molecule has 0 spiro atoms. The fourth-order valence-corrected chi connectivity index (χ4v) is 4.68. The second-order valence-electron chi connectivity index (χ2n) is 7.85. The number of halogens is 1. The van der Waals surface area contributed by atoms with Crippen molar-refractivity contribution in [1.29, 1.82) is 0 Å². The average molecular weight is 351 g/mol. The van der Waals surface area contributed by atoms with Crippen molar-refractivity contribution >= 4 is 18.3 Å². The molecule has 134 valence electrons. The summed E-state index contributed by atoms with van der Waals surface area (Å²) in [6.07, 6.45) is 5.64. The van der Waals surface area contributed by atoms with E-state index >= 15 is 0 Å². The van der Waals surface area contributed by atoms with E-state index in [1.807, 2.05) is 0 Å². The number of aryl methyl sites for hydroxylation is 2. The van der Waals surface area contributed by atoms with Crippen LogP contribution in [0, 0.1) is 31.6 Å². The number of benzene rings is 1. The van der Waals surface area contributed by atoms with Crippen LogP contribution in [0.15, 0.2) is 18.2 Å². The number of rotatable bonds is 3. The summed E-state index contributed by atoms with van der Waals surface area (Å²) in [6, 6.07) is 6.90. The standard InChI is InChI=1S/C20H30N2O.ClH/c1-12-7-13(2)9-17(8-12)14(3)22-20(23)18-10-15-5-4-6-16(11-18)19(15)21;/h7-9,14-16,18-19H,4-6,10-11,21H2,1-3H3,(H,22,23);1H. The Balaban J connectivity index is 0.00000208. The van der Waals surface area contributed by atoms with Crippen LogP contribution in [0.1, 0.15) is 61.8 Å². The lowest BCUT2D eigenvalue weighted by atomic mass is 9.65. The van der Waals surface area contributed by atoms with Crippen LogP contribution in [0.2, 0.25) is 0 Å². The van der Waals surface area contributed by atoms with Crippen LogP contribution in [0.3, 0.4) is 0 Å². The summed E-state index contributed by atoms with van der Waals surface area (Å²) in [6.45, 7) is 6.30. The van der Waals surface area contributed by atoms with Crippen molar-refractivity contribution in [1.82, 2.24) is 5.32 Å². The Hall–Kier alpha value is -1.06. The summed E-state index contributed by atoms with van der Waals surface area (Å²) in [5, 5.41) is 3.24. The summed E-state index contributed by atoms with van der Waals surface area (Å²) in [5.41, 5.74) is 10.0. The fourth-order valence-electron chi connectivity index (χ4n) is 4.68. The predicted octanol–water partition coefficient (Wildman–Crippen LogP) is 4.06. The van der Waals surface area contributed by atoms with Crippen LogP contribution < -0.4 is 11.1 Å². The van der Waals surface area contributed by atoms with Gasteiger partial charge in [0.05, 0.1) is 6.04 Å². The monoisotopic (exact) mass is 350 g/mol. The van der Waals surface area contributed by atoms with Gasteiger partial charge in [0, 0.05) is 12.0 Å². The van der Waals surface area contributed by atoms with Gasteiger partial charge in [-0.3, -0.25) is 4.79 Å². The lowest BCUT2D eigenvalue weighted by molar-refractivity contribution is -0.128. The Labute approximate surface area is 152 Å². The number of fused-ring (bicyclic) bond motifs is 2. The van der Waals surface area contributed by atoms with E-state index in [4.69, 9.17) is 5.73 Å². The van der Waals surface area contributed by atoms with E-state index in [2.05, 4.69) is 44.3 Å². The van der Waals surface area contributed by atoms with E-state index in [1.165, 1.54) is 36.0 Å². The van der Waals surface area contributed by atoms with Crippen LogP contribution in [0.5, 0.6) is 0 Å². The first-order chi connectivity index (χ1) is 10.9. The van der Waals surface area contributed by atoms with Crippen LogP contribution in [0.4, 0.5) is 0 Å². The Morgan fingerprint density at radius 3 is 2.21 bits per heavy atom. The number of nitrogens with one attached hydrogen (secondary N) is 1. The smallest absolute Gasteiger partial charge is 0.223 e. The number of hydrogen-bond acceptors (Lipinski definition) is 2. The number of hydrogen-bond donors (Lipinski definition) is 2. The molecule has 0 aliphatic heterocycles. The van der Waals surface area contributed by atoms with E-state index in [-0.39, 0.29) is 30.3 Å². The van der Waals surface area contributed by atoms with Crippen LogP contribution in [0.25, 0.3) is 0 Å². The van der Waals surface area contributed by atoms with Gasteiger partial charge >= 0.3 is 0 Å². The first-order valence-corrected chi connectivity index (χ1v) is 9.08. The second kappa shape index (κ2) is 7.88. The van der Waals surface area contributed by atoms with Gasteiger partial charge in [-0.1, -0.05) is 35.7 Å². The van der Waals surface area contributed by atoms with Crippen molar-refractivity contribution in [3.05, 3.63) is 34.9 Å². The Morgan fingerprint density at radius 1 is 1.12 bits per heavy atom. The zero-order valence-electron chi connectivity index (χ0n) is 15.0. The molecule has 3 N–H and O–H groups in total. The van der Waals surface area contributed by atoms with Gasteiger partial charge in [-0.2, -0.15) is 0 Å². The molecule has 2 bridgehead atoms. The van der Waals surface area contributed by atoms with E-state index in [0.717, 1.165) is 12.8 Å². The van der Waals surface area contributed by atoms with E-state index < -0.39 is 0 Å². The Kier molecular flexibility index (Phi) is 6.33. The average Bonchev–Trinajstić information content (AvgIpc) is 2.45. The molecule has 0 aromatic heterocycles. The minimum absolute atomic E-state index is 0. The van der Waals surface area contributed by atoms with Crippen molar-refractivity contribution in [2.75, 3.05) is 0 Å². The highest BCUT2D eigenvalue weighted by atomic mass is 35.5. The van der Waals surface area contributed by atoms with Crippen molar-refractivity contribution in [2.24, 2.45) is 23.5 Å². The van der Waals surface area contributed by atoms with Gasteiger partial charge in [-0.25, -0.2) is 0 Å². The maximum Gasteiger partial charge on any atom is 0.223 e. The highest BCUT2D eigenvalue weighted by molar-refractivity contribution is 5.85. The number of amides is 1. The van der Waals surface area contributed by atoms with Crippen molar-refractivity contribution in [2.45, 2.75) is 65.0 Å². The summed E-state index contributed by atoms with van der Waals surface area (Å²) >= 11 is 0. The van der Waals surface area contributed by atoms with Gasteiger partial charge in [-0.15, -0.1) is 12.4 Å². The Morgan fingerprint density at radius 2 is 1.67 bits per heavy atom. The molecule has 1 aromatic rings.